The number of hydrogen-bond acceptors (Lipinski definition) is 4. The van der Waals surface area contributed by atoms with Crippen molar-refractivity contribution in [1.82, 2.24) is 0 Å². The van der Waals surface area contributed by atoms with E-state index in [1.807, 2.05) is 0 Å². The molecule has 0 unspecified atom stereocenters. The molecule has 0 fully saturated rings. The molecule has 0 radical (unpaired) electrons. The molecule has 0 spiro atoms. The van der Waals surface area contributed by atoms with E-state index >= 15 is 0 Å². The van der Waals surface area contributed by atoms with Gasteiger partial charge in [0, 0.05) is 22.6 Å². The maximum absolute atomic E-state index is 12.4. The first-order chi connectivity index (χ1) is 10.5. The van der Waals surface area contributed by atoms with E-state index < -0.39 is 10.0 Å². The number of hydrogen-bond donors (Lipinski definition) is 1. The van der Waals surface area contributed by atoms with Gasteiger partial charge in [-0.3, -0.25) is 4.72 Å². The number of rotatable bonds is 3. The predicted octanol–water partition coefficient (Wildman–Crippen LogP) is 3.41. The van der Waals surface area contributed by atoms with Gasteiger partial charge < -0.3 is 9.47 Å². The molecule has 2 aromatic rings. The summed E-state index contributed by atoms with van der Waals surface area (Å²) >= 11 is 3.31. The molecule has 22 heavy (non-hydrogen) atoms. The zero-order valence-electron chi connectivity index (χ0n) is 11.6. The maximum atomic E-state index is 12.4. The van der Waals surface area contributed by atoms with Crippen LogP contribution in [-0.4, -0.2) is 21.6 Å². The molecule has 0 amide bonds. The molecular weight excluding hydrogens is 370 g/mol. The fourth-order valence-electron chi connectivity index (χ4n) is 2.04. The minimum atomic E-state index is -3.67. The lowest BCUT2D eigenvalue weighted by molar-refractivity contribution is 0.297. The van der Waals surface area contributed by atoms with Crippen molar-refractivity contribution < 1.29 is 17.9 Å². The summed E-state index contributed by atoms with van der Waals surface area (Å²) in [6.07, 6.45) is 0.772. The molecule has 7 heteroatoms. The second kappa shape index (κ2) is 6.18. The number of nitrogens with one attached hydrogen (secondary N) is 1. The van der Waals surface area contributed by atoms with Gasteiger partial charge in [0.1, 0.15) is 0 Å². The summed E-state index contributed by atoms with van der Waals surface area (Å²) in [7, 11) is -3.67. The lowest BCUT2D eigenvalue weighted by Crippen LogP contribution is -2.13. The molecule has 1 heterocycles. The topological polar surface area (TPSA) is 64.6 Å². The summed E-state index contributed by atoms with van der Waals surface area (Å²) in [6, 6.07) is 11.5. The Morgan fingerprint density at radius 3 is 2.36 bits per heavy atom. The number of sulfonamides is 1. The van der Waals surface area contributed by atoms with Crippen LogP contribution in [-0.2, 0) is 10.0 Å². The standard InChI is InChI=1S/C15H14BrNO4S/c16-11-2-4-12(5-3-11)17-22(18,19)13-6-7-14-15(10-13)21-9-1-8-20-14/h2-7,10,17H,1,8-9H2. The first-order valence-corrected chi connectivity index (χ1v) is 9.00. The van der Waals surface area contributed by atoms with E-state index in [9.17, 15) is 8.42 Å². The van der Waals surface area contributed by atoms with Crippen LogP contribution < -0.4 is 14.2 Å². The van der Waals surface area contributed by atoms with Gasteiger partial charge in [-0.2, -0.15) is 0 Å². The zero-order valence-corrected chi connectivity index (χ0v) is 14.0. The average molecular weight is 384 g/mol. The van der Waals surface area contributed by atoms with E-state index in [1.54, 1.807) is 30.3 Å². The minimum absolute atomic E-state index is 0.139. The maximum Gasteiger partial charge on any atom is 0.262 e. The second-order valence-electron chi connectivity index (χ2n) is 4.77. The molecule has 1 aliphatic heterocycles. The van der Waals surface area contributed by atoms with Crippen LogP contribution in [0, 0.1) is 0 Å². The fraction of sp³-hybridized carbons (Fsp3) is 0.200. The van der Waals surface area contributed by atoms with E-state index in [-0.39, 0.29) is 4.90 Å². The Hall–Kier alpha value is -1.73. The highest BCUT2D eigenvalue weighted by Crippen LogP contribution is 2.32. The molecule has 0 aromatic heterocycles. The van der Waals surface area contributed by atoms with Crippen LogP contribution >= 0.6 is 15.9 Å². The molecule has 116 valence electrons. The summed E-state index contributed by atoms with van der Waals surface area (Å²) in [5.41, 5.74) is 0.496. The molecule has 0 bridgehead atoms. The predicted molar refractivity (Wildman–Crippen MR) is 87.0 cm³/mol. The Morgan fingerprint density at radius 2 is 1.64 bits per heavy atom. The van der Waals surface area contributed by atoms with Gasteiger partial charge in [0.15, 0.2) is 11.5 Å². The first kappa shape index (κ1) is 15.2. The van der Waals surface area contributed by atoms with Gasteiger partial charge in [0.2, 0.25) is 0 Å². The number of anilines is 1. The average Bonchev–Trinajstić information content (AvgIpc) is 2.74. The third kappa shape index (κ3) is 3.36. The van der Waals surface area contributed by atoms with Crippen molar-refractivity contribution in [3.05, 3.63) is 46.9 Å². The van der Waals surface area contributed by atoms with Gasteiger partial charge >= 0.3 is 0 Å². The Kier molecular flexibility index (Phi) is 4.26. The van der Waals surface area contributed by atoms with Crippen LogP contribution in [0.5, 0.6) is 11.5 Å². The van der Waals surface area contributed by atoms with Crippen molar-refractivity contribution in [3.8, 4) is 11.5 Å². The van der Waals surface area contributed by atoms with Crippen LogP contribution in [0.2, 0.25) is 0 Å². The van der Waals surface area contributed by atoms with Crippen LogP contribution in [0.1, 0.15) is 6.42 Å². The molecule has 3 rings (SSSR count). The van der Waals surface area contributed by atoms with Crippen LogP contribution in [0.3, 0.4) is 0 Å². The number of halogens is 1. The third-order valence-electron chi connectivity index (χ3n) is 3.13. The van der Waals surface area contributed by atoms with E-state index in [0.717, 1.165) is 10.9 Å². The SMILES string of the molecule is O=S(=O)(Nc1ccc(Br)cc1)c1ccc2c(c1)OCCCO2. The second-order valence-corrected chi connectivity index (χ2v) is 7.37. The van der Waals surface area contributed by atoms with Crippen molar-refractivity contribution in [2.24, 2.45) is 0 Å². The summed E-state index contributed by atoms with van der Waals surface area (Å²) in [4.78, 5) is 0.139. The molecule has 1 aliphatic rings. The van der Waals surface area contributed by atoms with Crippen molar-refractivity contribution in [2.45, 2.75) is 11.3 Å². The van der Waals surface area contributed by atoms with Gasteiger partial charge in [-0.15, -0.1) is 0 Å². The highest BCUT2D eigenvalue weighted by atomic mass is 79.9. The summed E-state index contributed by atoms with van der Waals surface area (Å²) < 4.78 is 39.3. The van der Waals surface area contributed by atoms with Gasteiger partial charge in [0.05, 0.1) is 18.1 Å². The Bertz CT molecular complexity index is 775. The Balaban J connectivity index is 1.88. The minimum Gasteiger partial charge on any atom is -0.490 e. The molecule has 1 N–H and O–H groups in total. The van der Waals surface area contributed by atoms with Crippen molar-refractivity contribution in [3.63, 3.8) is 0 Å². The molecule has 2 aromatic carbocycles. The van der Waals surface area contributed by atoms with Crippen molar-refractivity contribution in [2.75, 3.05) is 17.9 Å². The normalized spacial score (nSPS) is 14.2. The summed E-state index contributed by atoms with van der Waals surface area (Å²) in [6.45, 7) is 1.08. The van der Waals surface area contributed by atoms with Crippen molar-refractivity contribution >= 4 is 31.6 Å². The molecule has 0 saturated heterocycles. The van der Waals surface area contributed by atoms with Crippen LogP contribution in [0.25, 0.3) is 0 Å². The molecular formula is C15H14BrNO4S. The van der Waals surface area contributed by atoms with E-state index in [4.69, 9.17) is 9.47 Å². The fourth-order valence-corrected chi connectivity index (χ4v) is 3.38. The lowest BCUT2D eigenvalue weighted by atomic mass is 10.3. The number of benzene rings is 2. The van der Waals surface area contributed by atoms with Gasteiger partial charge in [-0.25, -0.2) is 8.42 Å². The van der Waals surface area contributed by atoms with Gasteiger partial charge in [-0.1, -0.05) is 15.9 Å². The Morgan fingerprint density at radius 1 is 0.955 bits per heavy atom. The molecule has 0 saturated carbocycles. The lowest BCUT2D eigenvalue weighted by Gasteiger charge is -2.11. The third-order valence-corrected chi connectivity index (χ3v) is 5.03. The largest absolute Gasteiger partial charge is 0.490 e. The van der Waals surface area contributed by atoms with Gasteiger partial charge in [0.25, 0.3) is 10.0 Å². The summed E-state index contributed by atoms with van der Waals surface area (Å²) in [5, 5.41) is 0. The van der Waals surface area contributed by atoms with Crippen LogP contribution in [0.4, 0.5) is 5.69 Å². The highest BCUT2D eigenvalue weighted by Gasteiger charge is 2.18. The zero-order chi connectivity index (χ0) is 15.6. The first-order valence-electron chi connectivity index (χ1n) is 6.73. The highest BCUT2D eigenvalue weighted by molar-refractivity contribution is 9.10. The molecule has 0 atom stereocenters. The number of ether oxygens (including phenoxy) is 2. The summed E-state index contributed by atoms with van der Waals surface area (Å²) in [5.74, 6) is 1.02. The van der Waals surface area contributed by atoms with Crippen molar-refractivity contribution in [1.29, 1.82) is 0 Å². The quantitative estimate of drug-likeness (QED) is 0.881. The smallest absolute Gasteiger partial charge is 0.262 e. The van der Waals surface area contributed by atoms with Gasteiger partial charge in [-0.05, 0) is 36.4 Å². The van der Waals surface area contributed by atoms with E-state index in [2.05, 4.69) is 20.7 Å². The van der Waals surface area contributed by atoms with E-state index in [1.165, 1.54) is 12.1 Å². The van der Waals surface area contributed by atoms with Crippen LogP contribution in [0.15, 0.2) is 51.8 Å². The molecule has 0 aliphatic carbocycles. The van der Waals surface area contributed by atoms with E-state index in [0.29, 0.717) is 30.4 Å². The monoisotopic (exact) mass is 383 g/mol. The number of fused-ring (bicyclic) bond motifs is 1. The Labute approximate surface area is 137 Å². The molecule has 5 nitrogen and oxygen atoms in total.